The fourth-order valence-electron chi connectivity index (χ4n) is 3.96. The third kappa shape index (κ3) is 3.37. The SMILES string of the molecule is O=C1CCN(C(=O)C2CCN(C(=O)c3ccccc3)CC2)c2ccccc21. The minimum atomic E-state index is -0.105. The van der Waals surface area contributed by atoms with Gasteiger partial charge in [0.1, 0.15) is 0 Å². The fourth-order valence-corrected chi connectivity index (χ4v) is 3.96. The first-order valence-corrected chi connectivity index (χ1v) is 9.43. The van der Waals surface area contributed by atoms with Crippen LogP contribution in [0.2, 0.25) is 0 Å². The number of ketones is 1. The maximum absolute atomic E-state index is 13.1. The first-order chi connectivity index (χ1) is 13.1. The molecule has 5 heteroatoms. The summed E-state index contributed by atoms with van der Waals surface area (Å²) in [5, 5.41) is 0. The third-order valence-electron chi connectivity index (χ3n) is 5.48. The van der Waals surface area contributed by atoms with Gasteiger partial charge >= 0.3 is 0 Å². The van der Waals surface area contributed by atoms with Crippen LogP contribution in [0, 0.1) is 5.92 Å². The highest BCUT2D eigenvalue weighted by Gasteiger charge is 2.34. The smallest absolute Gasteiger partial charge is 0.253 e. The number of rotatable bonds is 2. The van der Waals surface area contributed by atoms with Crippen molar-refractivity contribution in [1.82, 2.24) is 4.90 Å². The van der Waals surface area contributed by atoms with Crippen molar-refractivity contribution in [3.63, 3.8) is 0 Å². The van der Waals surface area contributed by atoms with Crippen LogP contribution in [0.5, 0.6) is 0 Å². The summed E-state index contributed by atoms with van der Waals surface area (Å²) in [5.74, 6) is 0.0844. The number of piperidine rings is 1. The summed E-state index contributed by atoms with van der Waals surface area (Å²) in [6, 6.07) is 16.6. The molecule has 2 aliphatic rings. The summed E-state index contributed by atoms with van der Waals surface area (Å²) >= 11 is 0. The lowest BCUT2D eigenvalue weighted by molar-refractivity contribution is -0.123. The molecule has 2 aromatic carbocycles. The molecule has 2 amide bonds. The second-order valence-electron chi connectivity index (χ2n) is 7.11. The van der Waals surface area contributed by atoms with Crippen LogP contribution in [0.25, 0.3) is 0 Å². The molecule has 0 atom stereocenters. The summed E-state index contributed by atoms with van der Waals surface area (Å²) in [6.45, 7) is 1.61. The summed E-state index contributed by atoms with van der Waals surface area (Å²) < 4.78 is 0. The van der Waals surface area contributed by atoms with Crippen LogP contribution in [0.15, 0.2) is 54.6 Å². The van der Waals surface area contributed by atoms with Crippen molar-refractivity contribution in [2.75, 3.05) is 24.5 Å². The third-order valence-corrected chi connectivity index (χ3v) is 5.48. The number of Topliss-reactive ketones (excluding diaryl/α,β-unsaturated/α-hetero) is 1. The lowest BCUT2D eigenvalue weighted by atomic mass is 9.92. The highest BCUT2D eigenvalue weighted by molar-refractivity contribution is 6.09. The second kappa shape index (κ2) is 7.35. The highest BCUT2D eigenvalue weighted by atomic mass is 16.2. The average Bonchev–Trinajstić information content (AvgIpc) is 2.74. The van der Waals surface area contributed by atoms with Gasteiger partial charge in [-0.15, -0.1) is 0 Å². The molecule has 4 rings (SSSR count). The first-order valence-electron chi connectivity index (χ1n) is 9.43. The molecule has 138 valence electrons. The average molecular weight is 362 g/mol. The van der Waals surface area contributed by atoms with Crippen molar-refractivity contribution in [3.8, 4) is 0 Å². The van der Waals surface area contributed by atoms with Gasteiger partial charge in [-0.2, -0.15) is 0 Å². The number of carbonyl (C=O) groups is 3. The molecule has 0 spiro atoms. The van der Waals surface area contributed by atoms with Crippen LogP contribution in [0.3, 0.4) is 0 Å². The quantitative estimate of drug-likeness (QED) is 0.825. The Kier molecular flexibility index (Phi) is 4.75. The van der Waals surface area contributed by atoms with Crippen molar-refractivity contribution in [2.45, 2.75) is 19.3 Å². The van der Waals surface area contributed by atoms with E-state index in [2.05, 4.69) is 0 Å². The van der Waals surface area contributed by atoms with Gasteiger partial charge < -0.3 is 9.80 Å². The zero-order valence-corrected chi connectivity index (χ0v) is 15.1. The van der Waals surface area contributed by atoms with Crippen LogP contribution < -0.4 is 4.90 Å². The molecule has 2 aromatic rings. The van der Waals surface area contributed by atoms with E-state index >= 15 is 0 Å². The Morgan fingerprint density at radius 1 is 0.852 bits per heavy atom. The minimum absolute atomic E-state index is 0.0235. The van der Waals surface area contributed by atoms with Gasteiger partial charge in [0.25, 0.3) is 5.91 Å². The number of fused-ring (bicyclic) bond motifs is 1. The molecule has 0 aliphatic carbocycles. The topological polar surface area (TPSA) is 57.7 Å². The number of para-hydroxylation sites is 1. The fraction of sp³-hybridized carbons (Fsp3) is 0.318. The number of carbonyl (C=O) groups excluding carboxylic acids is 3. The zero-order valence-electron chi connectivity index (χ0n) is 15.1. The van der Waals surface area contributed by atoms with Crippen LogP contribution >= 0.6 is 0 Å². The van der Waals surface area contributed by atoms with Crippen LogP contribution in [0.4, 0.5) is 5.69 Å². The minimum Gasteiger partial charge on any atom is -0.339 e. The number of amides is 2. The van der Waals surface area contributed by atoms with Gasteiger partial charge in [-0.05, 0) is 37.1 Å². The summed E-state index contributed by atoms with van der Waals surface area (Å²) in [7, 11) is 0. The maximum Gasteiger partial charge on any atom is 0.253 e. The summed E-state index contributed by atoms with van der Waals surface area (Å²) in [6.07, 6.45) is 1.68. The monoisotopic (exact) mass is 362 g/mol. The van der Waals surface area contributed by atoms with Gasteiger partial charge in [0.05, 0.1) is 5.69 Å². The number of anilines is 1. The largest absolute Gasteiger partial charge is 0.339 e. The number of likely N-dealkylation sites (tertiary alicyclic amines) is 1. The normalized spacial score (nSPS) is 17.6. The molecule has 1 fully saturated rings. The Morgan fingerprint density at radius 3 is 2.26 bits per heavy atom. The van der Waals surface area contributed by atoms with E-state index in [9.17, 15) is 14.4 Å². The molecule has 5 nitrogen and oxygen atoms in total. The Balaban J connectivity index is 1.43. The Hall–Kier alpha value is -2.95. The lowest BCUT2D eigenvalue weighted by Gasteiger charge is -2.36. The van der Waals surface area contributed by atoms with Gasteiger partial charge in [0, 0.05) is 43.1 Å². The molecular formula is C22H22N2O3. The molecule has 2 aliphatic heterocycles. The van der Waals surface area contributed by atoms with Crippen molar-refractivity contribution < 1.29 is 14.4 Å². The van der Waals surface area contributed by atoms with Crippen LogP contribution in [0.1, 0.15) is 40.0 Å². The molecule has 1 saturated heterocycles. The standard InChI is InChI=1S/C22H22N2O3/c25-20-12-15-24(19-9-5-4-8-18(19)20)22(27)17-10-13-23(14-11-17)21(26)16-6-2-1-3-7-16/h1-9,17H,10-15H2. The number of benzene rings is 2. The Bertz CT molecular complexity index is 870. The van der Waals surface area contributed by atoms with Gasteiger partial charge in [0.15, 0.2) is 5.78 Å². The van der Waals surface area contributed by atoms with E-state index in [1.54, 1.807) is 11.0 Å². The first kappa shape index (κ1) is 17.5. The number of hydrogen-bond donors (Lipinski definition) is 0. The second-order valence-corrected chi connectivity index (χ2v) is 7.11. The highest BCUT2D eigenvalue weighted by Crippen LogP contribution is 2.30. The lowest BCUT2D eigenvalue weighted by Crippen LogP contribution is -2.46. The Labute approximate surface area is 158 Å². The summed E-state index contributed by atoms with van der Waals surface area (Å²) in [5.41, 5.74) is 2.04. The van der Waals surface area contributed by atoms with Crippen molar-refractivity contribution in [1.29, 1.82) is 0 Å². The molecule has 0 radical (unpaired) electrons. The maximum atomic E-state index is 13.1. The molecule has 0 saturated carbocycles. The van der Waals surface area contributed by atoms with Gasteiger partial charge in [-0.1, -0.05) is 30.3 Å². The molecule has 0 unspecified atom stereocenters. The van der Waals surface area contributed by atoms with E-state index in [1.807, 2.05) is 53.4 Å². The predicted molar refractivity (Wildman–Crippen MR) is 103 cm³/mol. The summed E-state index contributed by atoms with van der Waals surface area (Å²) in [4.78, 5) is 41.3. The van der Waals surface area contributed by atoms with E-state index in [1.165, 1.54) is 0 Å². The number of nitrogens with zero attached hydrogens (tertiary/aromatic N) is 2. The molecule has 0 bridgehead atoms. The number of hydrogen-bond acceptors (Lipinski definition) is 3. The molecular weight excluding hydrogens is 340 g/mol. The van der Waals surface area contributed by atoms with Gasteiger partial charge in [-0.3, -0.25) is 14.4 Å². The molecule has 0 aromatic heterocycles. The van der Waals surface area contributed by atoms with E-state index in [4.69, 9.17) is 0 Å². The molecule has 27 heavy (non-hydrogen) atoms. The van der Waals surface area contributed by atoms with Crippen LogP contribution in [-0.4, -0.2) is 42.1 Å². The predicted octanol–water partition coefficient (Wildman–Crippen LogP) is 3.16. The van der Waals surface area contributed by atoms with Crippen molar-refractivity contribution in [3.05, 3.63) is 65.7 Å². The van der Waals surface area contributed by atoms with E-state index in [0.29, 0.717) is 50.0 Å². The van der Waals surface area contributed by atoms with E-state index < -0.39 is 0 Å². The van der Waals surface area contributed by atoms with Gasteiger partial charge in [0.2, 0.25) is 5.91 Å². The molecule has 2 heterocycles. The van der Waals surface area contributed by atoms with Gasteiger partial charge in [-0.25, -0.2) is 0 Å². The van der Waals surface area contributed by atoms with Crippen molar-refractivity contribution in [2.24, 2.45) is 5.92 Å². The molecule has 0 N–H and O–H groups in total. The van der Waals surface area contributed by atoms with Crippen LogP contribution in [-0.2, 0) is 4.79 Å². The Morgan fingerprint density at radius 2 is 1.52 bits per heavy atom. The van der Waals surface area contributed by atoms with E-state index in [-0.39, 0.29) is 23.5 Å². The van der Waals surface area contributed by atoms with Crippen molar-refractivity contribution >= 4 is 23.3 Å². The van der Waals surface area contributed by atoms with E-state index in [0.717, 1.165) is 5.69 Å². The zero-order chi connectivity index (χ0) is 18.8.